The predicted molar refractivity (Wildman–Crippen MR) is 112 cm³/mol. The van der Waals surface area contributed by atoms with Crippen LogP contribution in [-0.4, -0.2) is 25.2 Å². The lowest BCUT2D eigenvalue weighted by Gasteiger charge is -2.68. The van der Waals surface area contributed by atoms with Crippen molar-refractivity contribution in [2.75, 3.05) is 7.11 Å². The molecule has 2 bridgehead atoms. The van der Waals surface area contributed by atoms with E-state index in [9.17, 15) is 9.59 Å². The molecule has 0 saturated heterocycles. The second kappa shape index (κ2) is 7.28. The first-order valence-corrected chi connectivity index (χ1v) is 11.4. The standard InChI is InChI=1S/C25H36O4/c1-6-15(2)22(26)29-21-13-19-18(23(27)28-5)8-7-10-24(19,4)20-12-17-9-11-25(20,21)14-16(17)3/h6,17-21H,3,7-14H2,1-2,4-5H3/b15-6-/t17-,18+,19-,20+,21+,24-,25-/m1/s1. The first-order chi connectivity index (χ1) is 13.8. The van der Waals surface area contributed by atoms with E-state index < -0.39 is 0 Å². The summed E-state index contributed by atoms with van der Waals surface area (Å²) in [5.74, 6) is 0.910. The fourth-order valence-electron chi connectivity index (χ4n) is 7.65. The van der Waals surface area contributed by atoms with Crippen molar-refractivity contribution in [3.05, 3.63) is 23.8 Å². The van der Waals surface area contributed by atoms with Crippen LogP contribution < -0.4 is 0 Å². The van der Waals surface area contributed by atoms with E-state index in [1.165, 1.54) is 12.7 Å². The lowest BCUT2D eigenvalue weighted by atomic mass is 9.38. The largest absolute Gasteiger partial charge is 0.469 e. The number of fused-ring (bicyclic) bond motifs is 3. The number of carbonyl (C=O) groups is 2. The predicted octanol–water partition coefficient (Wildman–Crippen LogP) is 5.23. The summed E-state index contributed by atoms with van der Waals surface area (Å²) in [7, 11) is 1.50. The lowest BCUT2D eigenvalue weighted by molar-refractivity contribution is -0.220. The van der Waals surface area contributed by atoms with Crippen LogP contribution in [0.15, 0.2) is 23.8 Å². The van der Waals surface area contributed by atoms with Crippen molar-refractivity contribution in [3.63, 3.8) is 0 Å². The highest BCUT2D eigenvalue weighted by atomic mass is 16.5. The van der Waals surface area contributed by atoms with Crippen molar-refractivity contribution >= 4 is 11.9 Å². The molecule has 0 amide bonds. The molecule has 4 heteroatoms. The maximum Gasteiger partial charge on any atom is 0.333 e. The summed E-state index contributed by atoms with van der Waals surface area (Å²) in [6.45, 7) is 10.5. The molecule has 29 heavy (non-hydrogen) atoms. The summed E-state index contributed by atoms with van der Waals surface area (Å²) >= 11 is 0. The van der Waals surface area contributed by atoms with Gasteiger partial charge in [-0.2, -0.15) is 0 Å². The number of allylic oxidation sites excluding steroid dienone is 2. The topological polar surface area (TPSA) is 52.6 Å². The summed E-state index contributed by atoms with van der Waals surface area (Å²) in [6, 6.07) is 0. The number of rotatable bonds is 3. The van der Waals surface area contributed by atoms with E-state index in [1.54, 1.807) is 0 Å². The van der Waals surface area contributed by atoms with Crippen LogP contribution in [-0.2, 0) is 19.1 Å². The van der Waals surface area contributed by atoms with Gasteiger partial charge >= 0.3 is 11.9 Å². The molecule has 0 unspecified atom stereocenters. The normalized spacial score (nSPS) is 43.9. The van der Waals surface area contributed by atoms with Gasteiger partial charge in [-0.3, -0.25) is 4.79 Å². The number of methoxy groups -OCH3 is 1. The number of ether oxygens (including phenoxy) is 2. The number of esters is 2. The molecule has 0 aromatic rings. The maximum atomic E-state index is 12.8. The van der Waals surface area contributed by atoms with Crippen LogP contribution in [0.5, 0.6) is 0 Å². The van der Waals surface area contributed by atoms with Crippen molar-refractivity contribution < 1.29 is 19.1 Å². The molecule has 5 saturated carbocycles. The van der Waals surface area contributed by atoms with Gasteiger partial charge in [0.2, 0.25) is 0 Å². The van der Waals surface area contributed by atoms with E-state index in [1.807, 2.05) is 19.9 Å². The first kappa shape index (κ1) is 20.7. The van der Waals surface area contributed by atoms with Gasteiger partial charge in [-0.1, -0.05) is 31.6 Å². The summed E-state index contributed by atoms with van der Waals surface area (Å²) in [5, 5.41) is 0. The Morgan fingerprint density at radius 3 is 2.62 bits per heavy atom. The van der Waals surface area contributed by atoms with E-state index in [2.05, 4.69) is 13.5 Å². The van der Waals surface area contributed by atoms with Crippen molar-refractivity contribution in [1.29, 1.82) is 0 Å². The molecule has 7 atom stereocenters. The van der Waals surface area contributed by atoms with Gasteiger partial charge in [-0.15, -0.1) is 0 Å². The van der Waals surface area contributed by atoms with Gasteiger partial charge in [0.15, 0.2) is 0 Å². The van der Waals surface area contributed by atoms with Crippen LogP contribution in [0.4, 0.5) is 0 Å². The highest BCUT2D eigenvalue weighted by Gasteiger charge is 2.66. The molecule has 0 aromatic heterocycles. The minimum Gasteiger partial charge on any atom is -0.469 e. The van der Waals surface area contributed by atoms with Crippen LogP contribution in [0, 0.1) is 34.5 Å². The van der Waals surface area contributed by atoms with Gasteiger partial charge < -0.3 is 9.47 Å². The zero-order chi connectivity index (χ0) is 21.0. The third-order valence-electron chi connectivity index (χ3n) is 9.28. The molecule has 0 aliphatic heterocycles. The quantitative estimate of drug-likeness (QED) is 0.370. The van der Waals surface area contributed by atoms with Crippen LogP contribution in [0.25, 0.3) is 0 Å². The van der Waals surface area contributed by atoms with Crippen molar-refractivity contribution in [2.45, 2.75) is 78.2 Å². The molecule has 0 aromatic carbocycles. The molecule has 0 radical (unpaired) electrons. The third kappa shape index (κ3) is 3.00. The van der Waals surface area contributed by atoms with E-state index in [4.69, 9.17) is 9.47 Å². The number of hydrogen-bond acceptors (Lipinski definition) is 4. The first-order valence-electron chi connectivity index (χ1n) is 11.4. The molecule has 4 nitrogen and oxygen atoms in total. The third-order valence-corrected chi connectivity index (χ3v) is 9.28. The fraction of sp³-hybridized carbons (Fsp3) is 0.760. The van der Waals surface area contributed by atoms with Gasteiger partial charge in [-0.05, 0) is 82.0 Å². The van der Waals surface area contributed by atoms with Crippen molar-refractivity contribution in [1.82, 2.24) is 0 Å². The zero-order valence-corrected chi connectivity index (χ0v) is 18.5. The average molecular weight is 401 g/mol. The van der Waals surface area contributed by atoms with Gasteiger partial charge in [-0.25, -0.2) is 4.79 Å². The van der Waals surface area contributed by atoms with Crippen molar-refractivity contribution in [2.24, 2.45) is 34.5 Å². The second-order valence-corrected chi connectivity index (χ2v) is 10.3. The fourth-order valence-corrected chi connectivity index (χ4v) is 7.65. The van der Waals surface area contributed by atoms with Gasteiger partial charge in [0.25, 0.3) is 0 Å². The molecule has 0 heterocycles. The minimum atomic E-state index is -0.210. The van der Waals surface area contributed by atoms with Crippen LogP contribution in [0.1, 0.15) is 72.1 Å². The smallest absolute Gasteiger partial charge is 0.333 e. The number of hydrogen-bond donors (Lipinski definition) is 0. The molecule has 5 rings (SSSR count). The average Bonchev–Trinajstić information content (AvgIpc) is 2.72. The molecule has 0 N–H and O–H groups in total. The van der Waals surface area contributed by atoms with E-state index in [-0.39, 0.29) is 40.7 Å². The second-order valence-electron chi connectivity index (χ2n) is 10.3. The Morgan fingerprint density at radius 1 is 1.21 bits per heavy atom. The molecule has 160 valence electrons. The highest BCUT2D eigenvalue weighted by Crippen LogP contribution is 2.71. The van der Waals surface area contributed by atoms with E-state index in [0.717, 1.165) is 51.4 Å². The van der Waals surface area contributed by atoms with Crippen LogP contribution in [0.2, 0.25) is 0 Å². The lowest BCUT2D eigenvalue weighted by Crippen LogP contribution is -2.64. The van der Waals surface area contributed by atoms with Gasteiger partial charge in [0, 0.05) is 11.0 Å². The van der Waals surface area contributed by atoms with Gasteiger partial charge in [0.05, 0.1) is 13.0 Å². The Kier molecular flexibility index (Phi) is 5.19. The van der Waals surface area contributed by atoms with Crippen molar-refractivity contribution in [3.8, 4) is 0 Å². The van der Waals surface area contributed by atoms with Crippen LogP contribution >= 0.6 is 0 Å². The van der Waals surface area contributed by atoms with Crippen LogP contribution in [0.3, 0.4) is 0 Å². The maximum absolute atomic E-state index is 12.8. The Balaban J connectivity index is 1.75. The Labute approximate surface area is 175 Å². The summed E-state index contributed by atoms with van der Waals surface area (Å²) < 4.78 is 11.4. The molecule has 5 fully saturated rings. The molecule has 5 aliphatic rings. The zero-order valence-electron chi connectivity index (χ0n) is 18.5. The Morgan fingerprint density at radius 2 is 1.97 bits per heavy atom. The molecule has 5 aliphatic carbocycles. The number of carbonyl (C=O) groups excluding carboxylic acids is 2. The summed E-state index contributed by atoms with van der Waals surface area (Å²) in [6.07, 6.45) is 9.95. The van der Waals surface area contributed by atoms with E-state index in [0.29, 0.717) is 17.4 Å². The highest BCUT2D eigenvalue weighted by molar-refractivity contribution is 5.87. The molecular weight excluding hydrogens is 364 g/mol. The molecule has 1 spiro atoms. The van der Waals surface area contributed by atoms with E-state index >= 15 is 0 Å². The minimum absolute atomic E-state index is 0.0151. The Bertz CT molecular complexity index is 752. The summed E-state index contributed by atoms with van der Waals surface area (Å²) in [5.41, 5.74) is 2.09. The monoisotopic (exact) mass is 400 g/mol. The Hall–Kier alpha value is -1.58. The molecular formula is C25H36O4. The summed E-state index contributed by atoms with van der Waals surface area (Å²) in [4.78, 5) is 25.4. The van der Waals surface area contributed by atoms with Gasteiger partial charge in [0.1, 0.15) is 6.10 Å². The SMILES string of the molecule is C=C1C[C@]23CC[C@@H]1C[C@H]2[C@]1(C)CCC[C@H](C(=O)OC)[C@H]1C[C@@H]3OC(=O)/C(C)=C\C.